The van der Waals surface area contributed by atoms with Crippen LogP contribution in [-0.4, -0.2) is 40.2 Å². The maximum absolute atomic E-state index is 14.3. The van der Waals surface area contributed by atoms with E-state index in [1.807, 2.05) is 5.32 Å². The van der Waals surface area contributed by atoms with E-state index in [1.54, 1.807) is 30.3 Å². The molecule has 2 aromatic carbocycles. The van der Waals surface area contributed by atoms with Gasteiger partial charge >= 0.3 is 11.9 Å². The second-order valence-electron chi connectivity index (χ2n) is 5.76. The van der Waals surface area contributed by atoms with Gasteiger partial charge in [0.2, 0.25) is 0 Å². The smallest absolute Gasteiger partial charge is 0.351 e. The van der Waals surface area contributed by atoms with Gasteiger partial charge in [-0.2, -0.15) is 8.78 Å². The molecule has 0 bridgehead atoms. The van der Waals surface area contributed by atoms with Crippen LogP contribution in [0.5, 0.6) is 0 Å². The number of aliphatic hydroxyl groups is 1. The van der Waals surface area contributed by atoms with E-state index < -0.39 is 29.9 Å². The number of aliphatic hydroxyl groups excluding tert-OH is 1. The Kier molecular flexibility index (Phi) is 6.01. The largest absolute Gasteiger partial charge is 0.478 e. The highest BCUT2D eigenvalue weighted by atomic mass is 19.3. The summed E-state index contributed by atoms with van der Waals surface area (Å²) in [5, 5.41) is 20.7. The topological polar surface area (TPSA) is 113 Å². The fourth-order valence-electron chi connectivity index (χ4n) is 2.35. The van der Waals surface area contributed by atoms with Crippen molar-refractivity contribution in [3.8, 4) is 0 Å². The Balaban J connectivity index is 2.08. The lowest BCUT2D eigenvalue weighted by molar-refractivity contribution is -0.159. The van der Waals surface area contributed by atoms with Gasteiger partial charge in [0, 0.05) is 11.7 Å². The normalized spacial score (nSPS) is 13.7. The molecular formula is C18H18F2N2O4. The Morgan fingerprint density at radius 1 is 1.12 bits per heavy atom. The lowest BCUT2D eigenvalue weighted by Crippen LogP contribution is -2.54. The number of alkyl halides is 2. The Bertz CT molecular complexity index is 784. The molecule has 0 aliphatic carbocycles. The van der Waals surface area contributed by atoms with Gasteiger partial charge < -0.3 is 21.3 Å². The van der Waals surface area contributed by atoms with Crippen molar-refractivity contribution < 1.29 is 28.6 Å². The summed E-state index contributed by atoms with van der Waals surface area (Å²) in [6.45, 7) is 0. The zero-order valence-electron chi connectivity index (χ0n) is 13.6. The number of amides is 1. The summed E-state index contributed by atoms with van der Waals surface area (Å²) < 4.78 is 28.5. The molecule has 0 aliphatic heterocycles. The zero-order valence-corrected chi connectivity index (χ0v) is 13.6. The van der Waals surface area contributed by atoms with E-state index in [1.165, 1.54) is 18.2 Å². The molecule has 2 atom stereocenters. The van der Waals surface area contributed by atoms with Crippen molar-refractivity contribution >= 4 is 17.6 Å². The molecular weight excluding hydrogens is 346 g/mol. The monoisotopic (exact) mass is 364 g/mol. The van der Waals surface area contributed by atoms with Crippen molar-refractivity contribution in [3.63, 3.8) is 0 Å². The molecule has 0 spiro atoms. The number of rotatable bonds is 7. The number of carbonyl (C=O) groups excluding carboxylic acids is 1. The highest BCUT2D eigenvalue weighted by Crippen LogP contribution is 2.24. The number of carbonyl (C=O) groups is 2. The third-order valence-electron chi connectivity index (χ3n) is 3.76. The van der Waals surface area contributed by atoms with Crippen molar-refractivity contribution in [2.75, 3.05) is 5.32 Å². The van der Waals surface area contributed by atoms with Gasteiger partial charge in [0.25, 0.3) is 5.91 Å². The van der Waals surface area contributed by atoms with Crippen molar-refractivity contribution in [1.29, 1.82) is 0 Å². The van der Waals surface area contributed by atoms with E-state index >= 15 is 0 Å². The maximum atomic E-state index is 14.3. The Labute approximate surface area is 148 Å². The molecule has 26 heavy (non-hydrogen) atoms. The number of hydrogen-bond acceptors (Lipinski definition) is 4. The molecule has 0 heterocycles. The van der Waals surface area contributed by atoms with Crippen molar-refractivity contribution in [2.45, 2.75) is 24.5 Å². The summed E-state index contributed by atoms with van der Waals surface area (Å²) in [7, 11) is 0. The van der Waals surface area contributed by atoms with Crippen LogP contribution < -0.4 is 11.1 Å². The van der Waals surface area contributed by atoms with Crippen LogP contribution in [0.15, 0.2) is 54.6 Å². The summed E-state index contributed by atoms with van der Waals surface area (Å²) in [5.41, 5.74) is 5.99. The average Bonchev–Trinajstić information content (AvgIpc) is 2.62. The summed E-state index contributed by atoms with van der Waals surface area (Å²) in [6.07, 6.45) is -2.45. The minimum atomic E-state index is -4.16. The molecule has 0 saturated carbocycles. The SMILES string of the molecule is NC(Cc1ccccc1)C(O)C(F)(F)C(=O)Nc1cccc(C(=O)O)c1. The van der Waals surface area contributed by atoms with Gasteiger partial charge in [-0.15, -0.1) is 0 Å². The molecule has 8 heteroatoms. The third kappa shape index (κ3) is 4.62. The van der Waals surface area contributed by atoms with Gasteiger partial charge in [-0.3, -0.25) is 4.79 Å². The fraction of sp³-hybridized carbons (Fsp3) is 0.222. The molecule has 2 unspecified atom stereocenters. The van der Waals surface area contributed by atoms with Crippen molar-refractivity contribution in [2.24, 2.45) is 5.73 Å². The minimum Gasteiger partial charge on any atom is -0.478 e. The molecule has 0 aromatic heterocycles. The van der Waals surface area contributed by atoms with Gasteiger partial charge in [-0.05, 0) is 30.2 Å². The predicted octanol–water partition coefficient (Wildman–Crippen LogP) is 1.89. The van der Waals surface area contributed by atoms with Crippen LogP contribution in [0.4, 0.5) is 14.5 Å². The standard InChI is InChI=1S/C18H18F2N2O4/c19-18(20,15(23)14(21)9-11-5-2-1-3-6-11)17(26)22-13-8-4-7-12(10-13)16(24)25/h1-8,10,14-15,23H,9,21H2,(H,22,26)(H,24,25). The number of benzene rings is 2. The average molecular weight is 364 g/mol. The number of hydrogen-bond donors (Lipinski definition) is 4. The number of nitrogens with one attached hydrogen (secondary N) is 1. The highest BCUT2D eigenvalue weighted by molar-refractivity contribution is 5.98. The van der Waals surface area contributed by atoms with Crippen LogP contribution in [0.25, 0.3) is 0 Å². The molecule has 0 aliphatic rings. The third-order valence-corrected chi connectivity index (χ3v) is 3.76. The summed E-state index contributed by atoms with van der Waals surface area (Å²) in [5.74, 6) is -7.19. The predicted molar refractivity (Wildman–Crippen MR) is 91.1 cm³/mol. The second-order valence-corrected chi connectivity index (χ2v) is 5.76. The first-order valence-corrected chi connectivity index (χ1v) is 7.72. The van der Waals surface area contributed by atoms with Crippen LogP contribution >= 0.6 is 0 Å². The Morgan fingerprint density at radius 2 is 1.77 bits per heavy atom. The summed E-state index contributed by atoms with van der Waals surface area (Å²) in [6, 6.07) is 12.0. The Morgan fingerprint density at radius 3 is 2.38 bits per heavy atom. The van der Waals surface area contributed by atoms with E-state index in [0.29, 0.717) is 5.56 Å². The highest BCUT2D eigenvalue weighted by Gasteiger charge is 2.49. The van der Waals surface area contributed by atoms with Crippen LogP contribution in [0.1, 0.15) is 15.9 Å². The van der Waals surface area contributed by atoms with Gasteiger partial charge in [-0.1, -0.05) is 36.4 Å². The summed E-state index contributed by atoms with van der Waals surface area (Å²) >= 11 is 0. The number of nitrogens with two attached hydrogens (primary N) is 1. The van der Waals surface area contributed by atoms with Crippen LogP contribution in [-0.2, 0) is 11.2 Å². The van der Waals surface area contributed by atoms with Gasteiger partial charge in [0.05, 0.1) is 5.56 Å². The first-order valence-electron chi connectivity index (χ1n) is 7.72. The summed E-state index contributed by atoms with van der Waals surface area (Å²) in [4.78, 5) is 22.8. The molecule has 2 aromatic rings. The lowest BCUT2D eigenvalue weighted by Gasteiger charge is -2.26. The number of carboxylic acid groups (broad SMARTS) is 1. The number of carboxylic acids is 1. The molecule has 0 radical (unpaired) electrons. The van der Waals surface area contributed by atoms with E-state index in [9.17, 15) is 23.5 Å². The van der Waals surface area contributed by atoms with E-state index in [4.69, 9.17) is 10.8 Å². The first kappa shape index (κ1) is 19.5. The second kappa shape index (κ2) is 8.03. The molecule has 1 amide bonds. The molecule has 138 valence electrons. The molecule has 0 saturated heterocycles. The van der Waals surface area contributed by atoms with Crippen LogP contribution in [0.3, 0.4) is 0 Å². The number of aromatic carboxylic acids is 1. The van der Waals surface area contributed by atoms with Crippen LogP contribution in [0.2, 0.25) is 0 Å². The van der Waals surface area contributed by atoms with Crippen molar-refractivity contribution in [3.05, 3.63) is 65.7 Å². The van der Waals surface area contributed by atoms with Gasteiger partial charge in [0.15, 0.2) is 0 Å². The van der Waals surface area contributed by atoms with E-state index in [-0.39, 0.29) is 17.7 Å². The van der Waals surface area contributed by atoms with E-state index in [2.05, 4.69) is 0 Å². The molecule has 6 nitrogen and oxygen atoms in total. The Hall–Kier alpha value is -2.84. The number of anilines is 1. The zero-order chi connectivity index (χ0) is 19.3. The first-order chi connectivity index (χ1) is 12.2. The van der Waals surface area contributed by atoms with Crippen molar-refractivity contribution in [1.82, 2.24) is 0 Å². The number of halogens is 2. The quantitative estimate of drug-likeness (QED) is 0.599. The van der Waals surface area contributed by atoms with Gasteiger partial charge in [-0.25, -0.2) is 4.79 Å². The van der Waals surface area contributed by atoms with Crippen LogP contribution in [0, 0.1) is 0 Å². The van der Waals surface area contributed by atoms with Gasteiger partial charge in [0.1, 0.15) is 6.10 Å². The molecule has 2 rings (SSSR count). The lowest BCUT2D eigenvalue weighted by atomic mass is 9.97. The molecule has 5 N–H and O–H groups in total. The minimum absolute atomic E-state index is 0.0423. The fourth-order valence-corrected chi connectivity index (χ4v) is 2.35. The maximum Gasteiger partial charge on any atom is 0.351 e. The van der Waals surface area contributed by atoms with E-state index in [0.717, 1.165) is 6.07 Å². The molecule has 0 fully saturated rings.